The highest BCUT2D eigenvalue weighted by molar-refractivity contribution is 5.82. The molecule has 2 aliphatic rings. The minimum atomic E-state index is -4.61. The lowest BCUT2D eigenvalue weighted by molar-refractivity contribution is -0.137. The first-order valence-electron chi connectivity index (χ1n) is 11.1. The predicted molar refractivity (Wildman–Crippen MR) is 117 cm³/mol. The molecular weight excluding hydrogens is 435 g/mol. The van der Waals surface area contributed by atoms with E-state index < -0.39 is 22.7 Å². The molecule has 1 unspecified atom stereocenters. The second-order valence-electron chi connectivity index (χ2n) is 9.32. The SMILES string of the molecule is CNC(=O)C1CN(C(=O)NCC(C)C)CC12CCN(c1ccc(C#N)c(C(F)(F)F)c1)CC2. The molecule has 1 aromatic carbocycles. The van der Waals surface area contributed by atoms with Crippen molar-refractivity contribution in [3.8, 4) is 6.07 Å². The lowest BCUT2D eigenvalue weighted by Crippen LogP contribution is -2.48. The molecule has 2 N–H and O–H groups in total. The van der Waals surface area contributed by atoms with Gasteiger partial charge in [-0.2, -0.15) is 18.4 Å². The number of hydrogen-bond donors (Lipinski definition) is 2. The molecule has 33 heavy (non-hydrogen) atoms. The van der Waals surface area contributed by atoms with Gasteiger partial charge in [-0.05, 0) is 37.0 Å². The minimum Gasteiger partial charge on any atom is -0.371 e. The third kappa shape index (κ3) is 5.18. The molecule has 2 fully saturated rings. The highest BCUT2D eigenvalue weighted by Gasteiger charge is 2.52. The van der Waals surface area contributed by atoms with Crippen molar-refractivity contribution in [3.63, 3.8) is 0 Å². The van der Waals surface area contributed by atoms with E-state index in [2.05, 4.69) is 10.6 Å². The summed E-state index contributed by atoms with van der Waals surface area (Å²) in [6.07, 6.45) is -3.47. The number of nitrogens with zero attached hydrogens (tertiary/aromatic N) is 3. The monoisotopic (exact) mass is 465 g/mol. The van der Waals surface area contributed by atoms with Gasteiger partial charge in [0.15, 0.2) is 0 Å². The van der Waals surface area contributed by atoms with E-state index in [4.69, 9.17) is 5.26 Å². The molecule has 0 aliphatic carbocycles. The number of amides is 3. The lowest BCUT2D eigenvalue weighted by atomic mass is 9.70. The molecule has 2 heterocycles. The van der Waals surface area contributed by atoms with Crippen molar-refractivity contribution in [1.29, 1.82) is 5.26 Å². The van der Waals surface area contributed by atoms with Crippen molar-refractivity contribution in [2.45, 2.75) is 32.9 Å². The molecule has 7 nitrogen and oxygen atoms in total. The zero-order valence-corrected chi connectivity index (χ0v) is 19.1. The summed E-state index contributed by atoms with van der Waals surface area (Å²) in [6.45, 7) is 6.21. The van der Waals surface area contributed by atoms with Crippen LogP contribution in [0.3, 0.4) is 0 Å². The molecule has 0 bridgehead atoms. The van der Waals surface area contributed by atoms with E-state index in [0.717, 1.165) is 6.07 Å². The number of benzene rings is 1. The van der Waals surface area contributed by atoms with E-state index in [1.54, 1.807) is 18.0 Å². The molecule has 2 aliphatic heterocycles. The molecular formula is C23H30F3N5O2. The Morgan fingerprint density at radius 3 is 2.48 bits per heavy atom. The number of anilines is 1. The Hall–Kier alpha value is -2.96. The number of rotatable bonds is 4. The second-order valence-corrected chi connectivity index (χ2v) is 9.32. The Labute approximate surface area is 191 Å². The summed E-state index contributed by atoms with van der Waals surface area (Å²) in [5.41, 5.74) is -1.37. The van der Waals surface area contributed by atoms with Crippen LogP contribution in [0.5, 0.6) is 0 Å². The first kappa shape index (κ1) is 24.7. The van der Waals surface area contributed by atoms with Crippen LogP contribution in [0.4, 0.5) is 23.7 Å². The highest BCUT2D eigenvalue weighted by atomic mass is 19.4. The Kier molecular flexibility index (Phi) is 7.10. The number of piperidine rings is 1. The van der Waals surface area contributed by atoms with Crippen LogP contribution in [0.1, 0.15) is 37.8 Å². The van der Waals surface area contributed by atoms with Gasteiger partial charge in [0.1, 0.15) is 0 Å². The molecule has 3 rings (SSSR count). The fraction of sp³-hybridized carbons (Fsp3) is 0.609. The van der Waals surface area contributed by atoms with Gasteiger partial charge in [0, 0.05) is 50.9 Å². The summed E-state index contributed by atoms with van der Waals surface area (Å²) in [5.74, 6) is -0.195. The van der Waals surface area contributed by atoms with Gasteiger partial charge >= 0.3 is 12.2 Å². The number of nitrogens with one attached hydrogen (secondary N) is 2. The van der Waals surface area contributed by atoms with Gasteiger partial charge in [0.05, 0.1) is 23.1 Å². The first-order chi connectivity index (χ1) is 15.5. The quantitative estimate of drug-likeness (QED) is 0.715. The maximum absolute atomic E-state index is 13.4. The number of urea groups is 1. The number of carbonyl (C=O) groups is 2. The molecule has 0 aromatic heterocycles. The number of nitriles is 1. The molecule has 1 spiro atoms. The Bertz CT molecular complexity index is 933. The van der Waals surface area contributed by atoms with Gasteiger partial charge in [-0.15, -0.1) is 0 Å². The third-order valence-electron chi connectivity index (χ3n) is 6.71. The van der Waals surface area contributed by atoms with Crippen LogP contribution in [0, 0.1) is 28.6 Å². The third-order valence-corrected chi connectivity index (χ3v) is 6.71. The van der Waals surface area contributed by atoms with Crippen molar-refractivity contribution in [1.82, 2.24) is 15.5 Å². The fourth-order valence-corrected chi connectivity index (χ4v) is 4.84. The van der Waals surface area contributed by atoms with Gasteiger partial charge in [0.25, 0.3) is 0 Å². The average Bonchev–Trinajstić information content (AvgIpc) is 3.15. The summed E-state index contributed by atoms with van der Waals surface area (Å²) in [7, 11) is 1.57. The van der Waals surface area contributed by atoms with Crippen molar-refractivity contribution >= 4 is 17.6 Å². The summed E-state index contributed by atoms with van der Waals surface area (Å²) < 4.78 is 40.1. The van der Waals surface area contributed by atoms with E-state index in [-0.39, 0.29) is 17.9 Å². The number of likely N-dealkylation sites (tertiary alicyclic amines) is 1. The van der Waals surface area contributed by atoms with Gasteiger partial charge in [0.2, 0.25) is 5.91 Å². The Balaban J connectivity index is 1.77. The maximum atomic E-state index is 13.4. The summed E-state index contributed by atoms with van der Waals surface area (Å²) >= 11 is 0. The van der Waals surface area contributed by atoms with Crippen molar-refractivity contribution < 1.29 is 22.8 Å². The van der Waals surface area contributed by atoms with Crippen LogP contribution in [0.25, 0.3) is 0 Å². The molecule has 180 valence electrons. The van der Waals surface area contributed by atoms with Crippen LogP contribution in [0.15, 0.2) is 18.2 Å². The number of halogens is 3. The van der Waals surface area contributed by atoms with Crippen LogP contribution in [-0.4, -0.2) is 56.6 Å². The van der Waals surface area contributed by atoms with Crippen molar-refractivity contribution in [2.75, 3.05) is 44.7 Å². The highest BCUT2D eigenvalue weighted by Crippen LogP contribution is 2.46. The number of hydrogen-bond acceptors (Lipinski definition) is 4. The molecule has 3 amide bonds. The predicted octanol–water partition coefficient (Wildman–Crippen LogP) is 3.21. The zero-order chi connectivity index (χ0) is 24.4. The minimum absolute atomic E-state index is 0.125. The van der Waals surface area contributed by atoms with Crippen LogP contribution < -0.4 is 15.5 Å². The standard InChI is InChI=1S/C23H30F3N5O2/c1-15(2)12-29-21(33)31-13-19(20(32)28-3)22(14-31)6-8-30(9-7-22)17-5-4-16(11-27)18(10-17)23(24,25)26/h4-5,10,15,19H,6-9,12-14H2,1-3H3,(H,28,32)(H,29,33). The molecule has 1 atom stereocenters. The largest absolute Gasteiger partial charge is 0.417 e. The molecule has 0 radical (unpaired) electrons. The average molecular weight is 466 g/mol. The molecule has 1 aromatic rings. The van der Waals surface area contributed by atoms with Crippen molar-refractivity contribution in [2.24, 2.45) is 17.3 Å². The normalized spacial score (nSPS) is 20.1. The molecule has 10 heteroatoms. The lowest BCUT2D eigenvalue weighted by Gasteiger charge is -2.42. The Morgan fingerprint density at radius 2 is 1.94 bits per heavy atom. The van der Waals surface area contributed by atoms with Gasteiger partial charge in [-0.1, -0.05) is 13.8 Å². The Morgan fingerprint density at radius 1 is 1.27 bits per heavy atom. The number of alkyl halides is 3. The fourth-order valence-electron chi connectivity index (χ4n) is 4.84. The summed E-state index contributed by atoms with van der Waals surface area (Å²) in [5, 5.41) is 14.6. The van der Waals surface area contributed by atoms with E-state index in [1.165, 1.54) is 12.1 Å². The smallest absolute Gasteiger partial charge is 0.371 e. The maximum Gasteiger partial charge on any atom is 0.417 e. The zero-order valence-electron chi connectivity index (χ0n) is 19.1. The molecule has 2 saturated heterocycles. The van der Waals surface area contributed by atoms with Crippen LogP contribution in [-0.2, 0) is 11.0 Å². The van der Waals surface area contributed by atoms with E-state index in [1.807, 2.05) is 18.7 Å². The van der Waals surface area contributed by atoms with Crippen LogP contribution in [0.2, 0.25) is 0 Å². The number of carbonyl (C=O) groups excluding carboxylic acids is 2. The van der Waals surface area contributed by atoms with Gasteiger partial charge in [-0.3, -0.25) is 4.79 Å². The summed E-state index contributed by atoms with van der Waals surface area (Å²) in [6, 6.07) is 5.16. The van der Waals surface area contributed by atoms with E-state index in [9.17, 15) is 22.8 Å². The first-order valence-corrected chi connectivity index (χ1v) is 11.1. The van der Waals surface area contributed by atoms with E-state index in [0.29, 0.717) is 57.2 Å². The van der Waals surface area contributed by atoms with E-state index >= 15 is 0 Å². The topological polar surface area (TPSA) is 88.5 Å². The second kappa shape index (κ2) is 9.49. The van der Waals surface area contributed by atoms with Gasteiger partial charge < -0.3 is 20.4 Å². The molecule has 0 saturated carbocycles. The summed E-state index contributed by atoms with van der Waals surface area (Å²) in [4.78, 5) is 28.8. The van der Waals surface area contributed by atoms with Crippen LogP contribution >= 0.6 is 0 Å². The van der Waals surface area contributed by atoms with Gasteiger partial charge in [-0.25, -0.2) is 4.79 Å². The van der Waals surface area contributed by atoms with Crippen molar-refractivity contribution in [3.05, 3.63) is 29.3 Å².